The third-order valence-electron chi connectivity index (χ3n) is 2.50. The first kappa shape index (κ1) is 12.2. The van der Waals surface area contributed by atoms with Crippen LogP contribution in [0.25, 0.3) is 11.3 Å². The summed E-state index contributed by atoms with van der Waals surface area (Å²) in [4.78, 5) is 4.56. The molecule has 1 aromatic heterocycles. The topological polar surface area (TPSA) is 45.1 Å². The Kier molecular flexibility index (Phi) is 4.25. The van der Waals surface area contributed by atoms with Gasteiger partial charge in [0.1, 0.15) is 5.01 Å². The van der Waals surface area contributed by atoms with E-state index in [1.807, 2.05) is 25.1 Å². The van der Waals surface area contributed by atoms with Crippen LogP contribution in [0, 0.1) is 0 Å². The summed E-state index contributed by atoms with van der Waals surface area (Å²) in [5, 5.41) is 15.2. The van der Waals surface area contributed by atoms with Gasteiger partial charge in [0.25, 0.3) is 0 Å². The lowest BCUT2D eigenvalue weighted by Gasteiger charge is -2.07. The fourth-order valence-corrected chi connectivity index (χ4v) is 2.21. The standard InChI is InChI=1S/C13H16N2OS/c1-10(8-16)14-7-13-15-12(9-17-13)11-5-3-2-4-6-11/h2-6,9-10,14,16H,7-8H2,1H3. The molecule has 1 heterocycles. The van der Waals surface area contributed by atoms with E-state index in [9.17, 15) is 0 Å². The van der Waals surface area contributed by atoms with Crippen molar-refractivity contribution < 1.29 is 5.11 Å². The van der Waals surface area contributed by atoms with Crippen molar-refractivity contribution >= 4 is 11.3 Å². The summed E-state index contributed by atoms with van der Waals surface area (Å²) in [6, 6.07) is 10.3. The molecule has 1 aromatic carbocycles. The number of aliphatic hydroxyl groups excluding tert-OH is 1. The number of hydrogen-bond acceptors (Lipinski definition) is 4. The van der Waals surface area contributed by atoms with Gasteiger partial charge in [-0.2, -0.15) is 0 Å². The van der Waals surface area contributed by atoms with Crippen LogP contribution in [0.2, 0.25) is 0 Å². The van der Waals surface area contributed by atoms with Crippen molar-refractivity contribution in [3.8, 4) is 11.3 Å². The Morgan fingerprint density at radius 2 is 2.12 bits per heavy atom. The molecule has 3 nitrogen and oxygen atoms in total. The van der Waals surface area contributed by atoms with Crippen LogP contribution in [0.1, 0.15) is 11.9 Å². The molecule has 0 aliphatic heterocycles. The summed E-state index contributed by atoms with van der Waals surface area (Å²) in [6.07, 6.45) is 0. The molecule has 1 unspecified atom stereocenters. The quantitative estimate of drug-likeness (QED) is 0.853. The Labute approximate surface area is 105 Å². The lowest BCUT2D eigenvalue weighted by atomic mass is 10.2. The normalized spacial score (nSPS) is 12.6. The second-order valence-electron chi connectivity index (χ2n) is 3.96. The van der Waals surface area contributed by atoms with E-state index < -0.39 is 0 Å². The van der Waals surface area contributed by atoms with Gasteiger partial charge in [-0.1, -0.05) is 30.3 Å². The molecule has 0 bridgehead atoms. The van der Waals surface area contributed by atoms with Crippen LogP contribution in [-0.4, -0.2) is 22.7 Å². The second kappa shape index (κ2) is 5.91. The lowest BCUT2D eigenvalue weighted by Crippen LogP contribution is -2.28. The number of hydrogen-bond donors (Lipinski definition) is 2. The Morgan fingerprint density at radius 3 is 2.82 bits per heavy atom. The molecule has 0 spiro atoms. The van der Waals surface area contributed by atoms with E-state index >= 15 is 0 Å². The number of thiazole rings is 1. The maximum absolute atomic E-state index is 8.92. The minimum absolute atomic E-state index is 0.110. The Balaban J connectivity index is 2.01. The second-order valence-corrected chi connectivity index (χ2v) is 4.90. The number of nitrogens with one attached hydrogen (secondary N) is 1. The molecule has 2 rings (SSSR count). The summed E-state index contributed by atoms with van der Waals surface area (Å²) in [6.45, 7) is 2.81. The van der Waals surface area contributed by atoms with Crippen LogP contribution in [0.5, 0.6) is 0 Å². The number of aliphatic hydroxyl groups is 1. The molecule has 0 saturated heterocycles. The van der Waals surface area contributed by atoms with Gasteiger partial charge in [-0.3, -0.25) is 0 Å². The molecule has 17 heavy (non-hydrogen) atoms. The molecular weight excluding hydrogens is 232 g/mol. The van der Waals surface area contributed by atoms with E-state index in [1.54, 1.807) is 11.3 Å². The fraction of sp³-hybridized carbons (Fsp3) is 0.308. The first-order valence-corrected chi connectivity index (χ1v) is 6.51. The van der Waals surface area contributed by atoms with E-state index in [0.717, 1.165) is 16.3 Å². The van der Waals surface area contributed by atoms with Crippen molar-refractivity contribution in [2.75, 3.05) is 6.61 Å². The predicted octanol–water partition coefficient (Wildman–Crippen LogP) is 2.28. The van der Waals surface area contributed by atoms with Crippen LogP contribution < -0.4 is 5.32 Å². The predicted molar refractivity (Wildman–Crippen MR) is 70.9 cm³/mol. The smallest absolute Gasteiger partial charge is 0.107 e. The molecule has 0 amide bonds. The highest BCUT2D eigenvalue weighted by atomic mass is 32.1. The van der Waals surface area contributed by atoms with Crippen LogP contribution in [-0.2, 0) is 6.54 Å². The average Bonchev–Trinajstić information content (AvgIpc) is 2.86. The largest absolute Gasteiger partial charge is 0.395 e. The van der Waals surface area contributed by atoms with Gasteiger partial charge < -0.3 is 10.4 Å². The number of nitrogens with zero attached hydrogens (tertiary/aromatic N) is 1. The first-order chi connectivity index (χ1) is 8.29. The van der Waals surface area contributed by atoms with Gasteiger partial charge in [0.05, 0.1) is 12.3 Å². The van der Waals surface area contributed by atoms with Crippen molar-refractivity contribution in [3.63, 3.8) is 0 Å². The minimum Gasteiger partial charge on any atom is -0.395 e. The van der Waals surface area contributed by atoms with Gasteiger partial charge in [0.15, 0.2) is 0 Å². The Morgan fingerprint density at radius 1 is 1.35 bits per heavy atom. The maximum atomic E-state index is 8.92. The van der Waals surface area contributed by atoms with Crippen molar-refractivity contribution in [2.24, 2.45) is 0 Å². The Bertz CT molecular complexity index is 455. The van der Waals surface area contributed by atoms with Crippen molar-refractivity contribution in [2.45, 2.75) is 19.5 Å². The van der Waals surface area contributed by atoms with Gasteiger partial charge >= 0.3 is 0 Å². The van der Waals surface area contributed by atoms with E-state index in [4.69, 9.17) is 5.11 Å². The molecule has 0 fully saturated rings. The summed E-state index contributed by atoms with van der Waals surface area (Å²) < 4.78 is 0. The van der Waals surface area contributed by atoms with Crippen molar-refractivity contribution in [1.29, 1.82) is 0 Å². The van der Waals surface area contributed by atoms with Crippen LogP contribution in [0.4, 0.5) is 0 Å². The van der Waals surface area contributed by atoms with Crippen LogP contribution in [0.3, 0.4) is 0 Å². The molecule has 1 atom stereocenters. The van der Waals surface area contributed by atoms with Crippen LogP contribution >= 0.6 is 11.3 Å². The zero-order valence-electron chi connectivity index (χ0n) is 9.76. The fourth-order valence-electron chi connectivity index (χ4n) is 1.46. The monoisotopic (exact) mass is 248 g/mol. The van der Waals surface area contributed by atoms with E-state index in [2.05, 4.69) is 27.8 Å². The molecule has 4 heteroatoms. The molecule has 0 aliphatic rings. The highest BCUT2D eigenvalue weighted by Gasteiger charge is 2.05. The van der Waals surface area contributed by atoms with E-state index in [0.29, 0.717) is 6.54 Å². The summed E-state index contributed by atoms with van der Waals surface area (Å²) >= 11 is 1.64. The average molecular weight is 248 g/mol. The summed E-state index contributed by atoms with van der Waals surface area (Å²) in [5.41, 5.74) is 2.16. The van der Waals surface area contributed by atoms with Crippen LogP contribution in [0.15, 0.2) is 35.7 Å². The molecule has 0 saturated carbocycles. The third kappa shape index (κ3) is 3.36. The van der Waals surface area contributed by atoms with Gasteiger partial charge in [0.2, 0.25) is 0 Å². The van der Waals surface area contributed by atoms with Crippen molar-refractivity contribution in [3.05, 3.63) is 40.7 Å². The number of rotatable bonds is 5. The summed E-state index contributed by atoms with van der Waals surface area (Å²) in [5.74, 6) is 0. The molecule has 90 valence electrons. The third-order valence-corrected chi connectivity index (χ3v) is 3.35. The SMILES string of the molecule is CC(CO)NCc1nc(-c2ccccc2)cs1. The highest BCUT2D eigenvalue weighted by Crippen LogP contribution is 2.21. The number of benzene rings is 1. The van der Waals surface area contributed by atoms with Gasteiger partial charge in [-0.05, 0) is 6.92 Å². The zero-order chi connectivity index (χ0) is 12.1. The van der Waals surface area contributed by atoms with Gasteiger partial charge in [-0.25, -0.2) is 4.98 Å². The lowest BCUT2D eigenvalue weighted by molar-refractivity contribution is 0.251. The van der Waals surface area contributed by atoms with E-state index in [-0.39, 0.29) is 12.6 Å². The molecule has 0 aliphatic carbocycles. The minimum atomic E-state index is 0.110. The van der Waals surface area contributed by atoms with E-state index in [1.165, 1.54) is 0 Å². The number of aromatic nitrogens is 1. The zero-order valence-corrected chi connectivity index (χ0v) is 10.6. The highest BCUT2D eigenvalue weighted by molar-refractivity contribution is 7.09. The first-order valence-electron chi connectivity index (χ1n) is 5.63. The Hall–Kier alpha value is -1.23. The summed E-state index contributed by atoms with van der Waals surface area (Å²) in [7, 11) is 0. The molecule has 2 aromatic rings. The van der Waals surface area contributed by atoms with Crippen molar-refractivity contribution in [1.82, 2.24) is 10.3 Å². The maximum Gasteiger partial charge on any atom is 0.107 e. The van der Waals surface area contributed by atoms with Gasteiger partial charge in [0, 0.05) is 23.5 Å². The molecule has 2 N–H and O–H groups in total. The van der Waals surface area contributed by atoms with Gasteiger partial charge in [-0.15, -0.1) is 11.3 Å². The molecular formula is C13H16N2OS. The molecule has 0 radical (unpaired) electrons.